The largest absolute Gasteiger partial charge is 0.412 e. The SMILES string of the molecule is CC/C(=C/CO)C(F)(F)F. The quantitative estimate of drug-likeness (QED) is 0.602. The molecule has 0 saturated heterocycles. The molecule has 0 bridgehead atoms. The lowest BCUT2D eigenvalue weighted by atomic mass is 10.2. The molecule has 1 nitrogen and oxygen atoms in total. The fraction of sp³-hybridized carbons (Fsp3) is 0.667. The van der Waals surface area contributed by atoms with Crippen LogP contribution in [0.2, 0.25) is 0 Å². The zero-order chi connectivity index (χ0) is 8.20. The standard InChI is InChI=1S/C6H9F3O/c1-2-5(3-4-10)6(7,8)9/h3,10H,2,4H2,1H3/b5-3-. The molecule has 0 fully saturated rings. The molecule has 0 saturated carbocycles. The summed E-state index contributed by atoms with van der Waals surface area (Å²) < 4.78 is 35.2. The van der Waals surface area contributed by atoms with E-state index in [-0.39, 0.29) is 6.42 Å². The molecule has 60 valence electrons. The molecule has 0 aliphatic heterocycles. The first-order valence-corrected chi connectivity index (χ1v) is 2.89. The zero-order valence-corrected chi connectivity index (χ0v) is 5.57. The van der Waals surface area contributed by atoms with Crippen molar-refractivity contribution in [3.8, 4) is 0 Å². The summed E-state index contributed by atoms with van der Waals surface area (Å²) in [6.07, 6.45) is -3.60. The molecule has 0 aromatic rings. The summed E-state index contributed by atoms with van der Waals surface area (Å²) in [6.45, 7) is 0.845. The van der Waals surface area contributed by atoms with Gasteiger partial charge in [0.1, 0.15) is 0 Å². The molecule has 0 rings (SSSR count). The van der Waals surface area contributed by atoms with E-state index in [0.29, 0.717) is 0 Å². The molecular formula is C6H9F3O. The normalized spacial score (nSPS) is 13.9. The van der Waals surface area contributed by atoms with Crippen LogP contribution in [-0.2, 0) is 0 Å². The fourth-order valence-electron chi connectivity index (χ4n) is 0.571. The van der Waals surface area contributed by atoms with E-state index in [0.717, 1.165) is 6.08 Å². The number of aliphatic hydroxyl groups excluding tert-OH is 1. The van der Waals surface area contributed by atoms with Crippen molar-refractivity contribution in [3.63, 3.8) is 0 Å². The van der Waals surface area contributed by atoms with Crippen molar-refractivity contribution in [1.29, 1.82) is 0 Å². The van der Waals surface area contributed by atoms with Gasteiger partial charge in [-0.1, -0.05) is 13.0 Å². The van der Waals surface area contributed by atoms with E-state index in [4.69, 9.17) is 5.11 Å². The van der Waals surface area contributed by atoms with Crippen molar-refractivity contribution >= 4 is 0 Å². The lowest BCUT2D eigenvalue weighted by Crippen LogP contribution is -2.11. The molecule has 0 spiro atoms. The molecule has 0 heterocycles. The van der Waals surface area contributed by atoms with Crippen LogP contribution in [-0.4, -0.2) is 17.9 Å². The minimum Gasteiger partial charge on any atom is -0.392 e. The highest BCUT2D eigenvalue weighted by atomic mass is 19.4. The smallest absolute Gasteiger partial charge is 0.392 e. The van der Waals surface area contributed by atoms with Gasteiger partial charge in [0.25, 0.3) is 0 Å². The summed E-state index contributed by atoms with van der Waals surface area (Å²) in [4.78, 5) is 0. The van der Waals surface area contributed by atoms with E-state index in [1.54, 1.807) is 0 Å². The number of halogens is 3. The number of aliphatic hydroxyl groups is 1. The third-order valence-corrected chi connectivity index (χ3v) is 1.08. The van der Waals surface area contributed by atoms with Crippen LogP contribution in [0.25, 0.3) is 0 Å². The molecular weight excluding hydrogens is 145 g/mol. The average molecular weight is 154 g/mol. The van der Waals surface area contributed by atoms with E-state index in [2.05, 4.69) is 0 Å². The molecule has 0 aliphatic rings. The lowest BCUT2D eigenvalue weighted by Gasteiger charge is -2.07. The summed E-state index contributed by atoms with van der Waals surface area (Å²) in [5.74, 6) is 0. The van der Waals surface area contributed by atoms with Gasteiger partial charge in [-0.05, 0) is 6.42 Å². The summed E-state index contributed by atoms with van der Waals surface area (Å²) in [6, 6.07) is 0. The monoisotopic (exact) mass is 154 g/mol. The summed E-state index contributed by atoms with van der Waals surface area (Å²) in [5.41, 5.74) is -0.671. The van der Waals surface area contributed by atoms with Gasteiger partial charge in [0.15, 0.2) is 0 Å². The third-order valence-electron chi connectivity index (χ3n) is 1.08. The van der Waals surface area contributed by atoms with E-state index in [9.17, 15) is 13.2 Å². The van der Waals surface area contributed by atoms with Gasteiger partial charge in [0, 0.05) is 5.57 Å². The van der Waals surface area contributed by atoms with Crippen LogP contribution in [0, 0.1) is 0 Å². The average Bonchev–Trinajstić information content (AvgIpc) is 1.80. The van der Waals surface area contributed by atoms with Gasteiger partial charge in [-0.3, -0.25) is 0 Å². The van der Waals surface area contributed by atoms with Gasteiger partial charge in [0.2, 0.25) is 0 Å². The van der Waals surface area contributed by atoms with Crippen molar-refractivity contribution in [2.75, 3.05) is 6.61 Å². The van der Waals surface area contributed by atoms with Gasteiger partial charge in [-0.2, -0.15) is 13.2 Å². The molecule has 0 atom stereocenters. The van der Waals surface area contributed by atoms with Crippen molar-refractivity contribution in [2.24, 2.45) is 0 Å². The lowest BCUT2D eigenvalue weighted by molar-refractivity contribution is -0.0940. The number of hydrogen-bond acceptors (Lipinski definition) is 1. The number of allylic oxidation sites excluding steroid dienone is 1. The molecule has 0 aliphatic carbocycles. The predicted molar refractivity (Wildman–Crippen MR) is 31.5 cm³/mol. The Kier molecular flexibility index (Phi) is 3.42. The zero-order valence-electron chi connectivity index (χ0n) is 5.57. The van der Waals surface area contributed by atoms with Crippen LogP contribution in [0.3, 0.4) is 0 Å². The first-order valence-electron chi connectivity index (χ1n) is 2.89. The van der Waals surface area contributed by atoms with E-state index >= 15 is 0 Å². The van der Waals surface area contributed by atoms with E-state index < -0.39 is 18.4 Å². The molecule has 0 amide bonds. The van der Waals surface area contributed by atoms with Gasteiger partial charge < -0.3 is 5.11 Å². The summed E-state index contributed by atoms with van der Waals surface area (Å²) >= 11 is 0. The Bertz CT molecular complexity index is 125. The Hall–Kier alpha value is -0.510. The summed E-state index contributed by atoms with van der Waals surface area (Å²) in [5, 5.41) is 8.15. The first-order chi connectivity index (χ1) is 4.52. The van der Waals surface area contributed by atoms with Crippen LogP contribution in [0.1, 0.15) is 13.3 Å². The van der Waals surface area contributed by atoms with Gasteiger partial charge in [0.05, 0.1) is 6.61 Å². The van der Waals surface area contributed by atoms with Crippen LogP contribution in [0.5, 0.6) is 0 Å². The van der Waals surface area contributed by atoms with Crippen molar-refractivity contribution < 1.29 is 18.3 Å². The molecule has 1 N–H and O–H groups in total. The molecule has 0 aromatic carbocycles. The highest BCUT2D eigenvalue weighted by molar-refractivity contribution is 5.07. The van der Waals surface area contributed by atoms with Crippen LogP contribution < -0.4 is 0 Å². The van der Waals surface area contributed by atoms with E-state index in [1.165, 1.54) is 6.92 Å². The second-order valence-corrected chi connectivity index (χ2v) is 1.76. The maximum Gasteiger partial charge on any atom is 0.412 e. The molecule has 0 radical (unpaired) electrons. The molecule has 0 unspecified atom stereocenters. The third kappa shape index (κ3) is 2.87. The fourth-order valence-corrected chi connectivity index (χ4v) is 0.571. The molecule has 10 heavy (non-hydrogen) atoms. The maximum atomic E-state index is 11.7. The van der Waals surface area contributed by atoms with Crippen molar-refractivity contribution in [3.05, 3.63) is 11.6 Å². The van der Waals surface area contributed by atoms with Crippen LogP contribution in [0.4, 0.5) is 13.2 Å². The number of hydrogen-bond donors (Lipinski definition) is 1. The van der Waals surface area contributed by atoms with E-state index in [1.807, 2.05) is 0 Å². The summed E-state index contributed by atoms with van der Waals surface area (Å²) in [7, 11) is 0. The molecule has 4 heteroatoms. The van der Waals surface area contributed by atoms with Crippen molar-refractivity contribution in [1.82, 2.24) is 0 Å². The highest BCUT2D eigenvalue weighted by Gasteiger charge is 2.31. The van der Waals surface area contributed by atoms with Crippen molar-refractivity contribution in [2.45, 2.75) is 19.5 Å². The second-order valence-electron chi connectivity index (χ2n) is 1.76. The Morgan fingerprint density at radius 1 is 1.50 bits per heavy atom. The Morgan fingerprint density at radius 3 is 2.10 bits per heavy atom. The van der Waals surface area contributed by atoms with Crippen LogP contribution >= 0.6 is 0 Å². The van der Waals surface area contributed by atoms with Gasteiger partial charge in [-0.25, -0.2) is 0 Å². The van der Waals surface area contributed by atoms with Gasteiger partial charge >= 0.3 is 6.18 Å². The molecule has 0 aromatic heterocycles. The first kappa shape index (κ1) is 9.49. The predicted octanol–water partition coefficient (Wildman–Crippen LogP) is 1.88. The second kappa shape index (κ2) is 3.61. The Balaban J connectivity index is 4.21. The number of alkyl halides is 3. The minimum absolute atomic E-state index is 0.0932. The maximum absolute atomic E-state index is 11.7. The van der Waals surface area contributed by atoms with Crippen LogP contribution in [0.15, 0.2) is 11.6 Å². The Morgan fingerprint density at radius 2 is 2.00 bits per heavy atom. The highest BCUT2D eigenvalue weighted by Crippen LogP contribution is 2.27. The van der Waals surface area contributed by atoms with Gasteiger partial charge in [-0.15, -0.1) is 0 Å². The number of rotatable bonds is 2. The minimum atomic E-state index is -4.28. The Labute approximate surface area is 57.2 Å². The topological polar surface area (TPSA) is 20.2 Å².